The first kappa shape index (κ1) is 29.8. The fraction of sp³-hybridized carbons (Fsp3) is 0.367. The van der Waals surface area contributed by atoms with Gasteiger partial charge in [-0.25, -0.2) is 18.2 Å². The molecule has 14 heteroatoms. The molecule has 0 spiro atoms. The molecule has 4 heterocycles. The first-order valence-electron chi connectivity index (χ1n) is 14.2. The van der Waals surface area contributed by atoms with Gasteiger partial charge in [0.2, 0.25) is 10.0 Å². The predicted octanol–water partition coefficient (Wildman–Crippen LogP) is 1.36. The van der Waals surface area contributed by atoms with Crippen molar-refractivity contribution < 1.29 is 22.6 Å². The zero-order valence-electron chi connectivity index (χ0n) is 24.8. The van der Waals surface area contributed by atoms with Crippen LogP contribution in [0.2, 0.25) is 0 Å². The fourth-order valence-corrected chi connectivity index (χ4v) is 7.13. The van der Waals surface area contributed by atoms with Crippen molar-refractivity contribution in [3.63, 3.8) is 0 Å². The lowest BCUT2D eigenvalue weighted by Crippen LogP contribution is -2.43. The standard InChI is InChI=1S/C30H34N6O7S/c1-32-20-27(29(37)33(2)30(32)38)44(39,40)35-10-13-43-26-17-23(4-5-25(26)41-3)28-31-6-7-36(28)24-15-21(14-22(16-24)19-35)18-34-8-11-42-12-9-34/h4-7,14-17,20H,8-13,18-19H2,1-3H3. The molecule has 0 aliphatic carbocycles. The summed E-state index contributed by atoms with van der Waals surface area (Å²) in [5.74, 6) is 1.59. The molecule has 2 aliphatic rings. The zero-order valence-corrected chi connectivity index (χ0v) is 25.6. The van der Waals surface area contributed by atoms with Gasteiger partial charge in [-0.2, -0.15) is 4.31 Å². The highest BCUT2D eigenvalue weighted by Gasteiger charge is 2.30. The van der Waals surface area contributed by atoms with E-state index in [0.29, 0.717) is 37.1 Å². The normalized spacial score (nSPS) is 16.2. The van der Waals surface area contributed by atoms with Gasteiger partial charge in [-0.3, -0.25) is 18.8 Å². The number of benzene rings is 2. The van der Waals surface area contributed by atoms with Gasteiger partial charge in [0.05, 0.1) is 20.3 Å². The second kappa shape index (κ2) is 12.0. The minimum absolute atomic E-state index is 0.0279. The van der Waals surface area contributed by atoms with E-state index in [4.69, 9.17) is 14.2 Å². The Bertz CT molecular complexity index is 1920. The molecule has 2 aromatic heterocycles. The summed E-state index contributed by atoms with van der Waals surface area (Å²) >= 11 is 0. The van der Waals surface area contributed by atoms with Crippen LogP contribution in [0.3, 0.4) is 0 Å². The topological polar surface area (TPSA) is 130 Å². The Morgan fingerprint density at radius 3 is 2.57 bits per heavy atom. The molecule has 44 heavy (non-hydrogen) atoms. The average molecular weight is 623 g/mol. The summed E-state index contributed by atoms with van der Waals surface area (Å²) < 4.78 is 50.5. The minimum Gasteiger partial charge on any atom is -0.493 e. The van der Waals surface area contributed by atoms with E-state index in [0.717, 1.165) is 50.8 Å². The fourth-order valence-electron chi connectivity index (χ4n) is 5.57. The summed E-state index contributed by atoms with van der Waals surface area (Å²) in [6.07, 6.45) is 4.65. The number of methoxy groups -OCH3 is 1. The number of hydrogen-bond acceptors (Lipinski definition) is 9. The van der Waals surface area contributed by atoms with Gasteiger partial charge in [0.1, 0.15) is 12.4 Å². The van der Waals surface area contributed by atoms with Crippen LogP contribution in [0.25, 0.3) is 17.1 Å². The minimum atomic E-state index is -4.38. The van der Waals surface area contributed by atoms with Gasteiger partial charge >= 0.3 is 5.69 Å². The Morgan fingerprint density at radius 1 is 1.00 bits per heavy atom. The summed E-state index contributed by atoms with van der Waals surface area (Å²) in [7, 11) is -0.173. The van der Waals surface area contributed by atoms with Gasteiger partial charge < -0.3 is 18.8 Å². The van der Waals surface area contributed by atoms with Crippen molar-refractivity contribution in [2.45, 2.75) is 18.0 Å². The Labute approximate surface area is 254 Å². The van der Waals surface area contributed by atoms with E-state index in [2.05, 4.69) is 16.0 Å². The Hall–Kier alpha value is -4.24. The first-order chi connectivity index (χ1) is 21.2. The van der Waals surface area contributed by atoms with Gasteiger partial charge in [0.15, 0.2) is 16.4 Å². The lowest BCUT2D eigenvalue weighted by Gasteiger charge is -2.27. The van der Waals surface area contributed by atoms with E-state index in [-0.39, 0.29) is 19.7 Å². The molecular weight excluding hydrogens is 588 g/mol. The van der Waals surface area contributed by atoms with E-state index >= 15 is 0 Å². The maximum Gasteiger partial charge on any atom is 0.330 e. The van der Waals surface area contributed by atoms with Crippen molar-refractivity contribution in [2.24, 2.45) is 14.1 Å². The van der Waals surface area contributed by atoms with Gasteiger partial charge in [-0.15, -0.1) is 0 Å². The highest BCUT2D eigenvalue weighted by atomic mass is 32.2. The highest BCUT2D eigenvalue weighted by molar-refractivity contribution is 7.89. The largest absolute Gasteiger partial charge is 0.493 e. The van der Waals surface area contributed by atoms with Crippen LogP contribution in [0.4, 0.5) is 0 Å². The van der Waals surface area contributed by atoms with Crippen LogP contribution in [0, 0.1) is 0 Å². The van der Waals surface area contributed by atoms with Crippen LogP contribution < -0.4 is 20.7 Å². The summed E-state index contributed by atoms with van der Waals surface area (Å²) in [6, 6.07) is 11.5. The Balaban J connectivity index is 1.50. The molecule has 0 saturated carbocycles. The summed E-state index contributed by atoms with van der Waals surface area (Å²) in [5, 5.41) is 0. The monoisotopic (exact) mass is 622 g/mol. The van der Waals surface area contributed by atoms with Crippen LogP contribution in [0.1, 0.15) is 11.1 Å². The first-order valence-corrected chi connectivity index (χ1v) is 15.6. The molecule has 4 bridgehead atoms. The number of rotatable bonds is 5. The number of aromatic nitrogens is 4. The lowest BCUT2D eigenvalue weighted by molar-refractivity contribution is 0.0342. The van der Waals surface area contributed by atoms with E-state index in [9.17, 15) is 18.0 Å². The third kappa shape index (κ3) is 5.68. The van der Waals surface area contributed by atoms with Crippen LogP contribution >= 0.6 is 0 Å². The van der Waals surface area contributed by atoms with Crippen LogP contribution in [-0.4, -0.2) is 82.9 Å². The quantitative estimate of drug-likeness (QED) is 0.324. The summed E-state index contributed by atoms with van der Waals surface area (Å²) in [6.45, 7) is 3.39. The van der Waals surface area contributed by atoms with Crippen LogP contribution in [-0.2, 0) is 41.9 Å². The van der Waals surface area contributed by atoms with E-state index in [1.165, 1.54) is 25.5 Å². The van der Waals surface area contributed by atoms with Crippen LogP contribution in [0.15, 0.2) is 69.5 Å². The molecule has 0 amide bonds. The Morgan fingerprint density at radius 2 is 1.80 bits per heavy atom. The van der Waals surface area contributed by atoms with Crippen LogP contribution in [0.5, 0.6) is 11.5 Å². The third-order valence-corrected chi connectivity index (χ3v) is 9.71. The number of hydrogen-bond donors (Lipinski definition) is 0. The molecule has 2 aromatic carbocycles. The molecule has 0 atom stereocenters. The smallest absolute Gasteiger partial charge is 0.330 e. The molecule has 1 saturated heterocycles. The molecule has 0 N–H and O–H groups in total. The molecule has 0 radical (unpaired) electrons. The van der Waals surface area contributed by atoms with Crippen molar-refractivity contribution >= 4 is 10.0 Å². The van der Waals surface area contributed by atoms with E-state index in [1.54, 1.807) is 12.3 Å². The number of sulfonamides is 1. The molecule has 6 rings (SSSR count). The number of morpholine rings is 1. The second-order valence-corrected chi connectivity index (χ2v) is 12.7. The summed E-state index contributed by atoms with van der Waals surface area (Å²) in [4.78, 5) is 31.9. The van der Waals surface area contributed by atoms with Gasteiger partial charge in [0, 0.05) is 76.7 Å². The molecule has 232 valence electrons. The number of ether oxygens (including phenoxy) is 3. The number of nitrogens with zero attached hydrogens (tertiary/aromatic N) is 6. The third-order valence-electron chi connectivity index (χ3n) is 7.88. The maximum atomic E-state index is 14.1. The van der Waals surface area contributed by atoms with Crippen molar-refractivity contribution in [3.05, 3.63) is 87.0 Å². The molecular formula is C30H34N6O7S. The van der Waals surface area contributed by atoms with Crippen molar-refractivity contribution in [1.82, 2.24) is 27.9 Å². The van der Waals surface area contributed by atoms with E-state index < -0.39 is 26.2 Å². The van der Waals surface area contributed by atoms with Gasteiger partial charge in [-0.1, -0.05) is 6.07 Å². The lowest BCUT2D eigenvalue weighted by atomic mass is 10.1. The SMILES string of the molecule is COc1ccc2cc1OCCN(S(=O)(=O)c1cn(C)c(=O)n(C)c1=O)Cc1cc(CN3CCOCC3)cc(c1)-n1ccnc1-2. The van der Waals surface area contributed by atoms with Crippen molar-refractivity contribution in [3.8, 4) is 28.6 Å². The van der Waals surface area contributed by atoms with Gasteiger partial charge in [-0.05, 0) is 41.5 Å². The number of aryl methyl sites for hydroxylation is 1. The highest BCUT2D eigenvalue weighted by Crippen LogP contribution is 2.34. The molecule has 4 aromatic rings. The second-order valence-electron chi connectivity index (χ2n) is 10.8. The zero-order chi connectivity index (χ0) is 31.0. The number of imidazole rings is 1. The predicted molar refractivity (Wildman–Crippen MR) is 162 cm³/mol. The molecule has 1 fully saturated rings. The van der Waals surface area contributed by atoms with Crippen molar-refractivity contribution in [1.29, 1.82) is 0 Å². The summed E-state index contributed by atoms with van der Waals surface area (Å²) in [5.41, 5.74) is 1.81. The maximum absolute atomic E-state index is 14.1. The molecule has 0 unspecified atom stereocenters. The van der Waals surface area contributed by atoms with E-state index in [1.807, 2.05) is 35.0 Å². The van der Waals surface area contributed by atoms with Gasteiger partial charge in [0.25, 0.3) is 5.56 Å². The molecule has 13 nitrogen and oxygen atoms in total. The molecule has 2 aliphatic heterocycles. The van der Waals surface area contributed by atoms with Crippen molar-refractivity contribution in [2.75, 3.05) is 46.6 Å². The Kier molecular flexibility index (Phi) is 8.16. The number of fused-ring (bicyclic) bond motifs is 7. The average Bonchev–Trinajstić information content (AvgIpc) is 3.51.